The van der Waals surface area contributed by atoms with Crippen LogP contribution in [0.3, 0.4) is 0 Å². The van der Waals surface area contributed by atoms with Crippen LogP contribution in [0, 0.1) is 19.8 Å². The van der Waals surface area contributed by atoms with Gasteiger partial charge in [-0.1, -0.05) is 31.9 Å². The fourth-order valence-electron chi connectivity index (χ4n) is 3.95. The summed E-state index contributed by atoms with van der Waals surface area (Å²) in [5.41, 5.74) is 2.69. The minimum atomic E-state index is -0.916. The van der Waals surface area contributed by atoms with E-state index in [2.05, 4.69) is 17.3 Å². The van der Waals surface area contributed by atoms with Crippen molar-refractivity contribution in [2.45, 2.75) is 78.4 Å². The van der Waals surface area contributed by atoms with Gasteiger partial charge in [0.25, 0.3) is 5.91 Å². The predicted octanol–water partition coefficient (Wildman–Crippen LogP) is 3.41. The van der Waals surface area contributed by atoms with Gasteiger partial charge in [0.2, 0.25) is 5.91 Å². The Bertz CT molecular complexity index is 864. The summed E-state index contributed by atoms with van der Waals surface area (Å²) < 4.78 is 5.38. The van der Waals surface area contributed by atoms with Crippen LogP contribution in [0.4, 0.5) is 5.69 Å². The monoisotopic (exact) mass is 413 g/mol. The third kappa shape index (κ3) is 5.07. The molecule has 0 spiro atoms. The van der Waals surface area contributed by atoms with E-state index >= 15 is 0 Å². The molecule has 7 heteroatoms. The molecule has 30 heavy (non-hydrogen) atoms. The van der Waals surface area contributed by atoms with Gasteiger partial charge in [-0.15, -0.1) is 0 Å². The van der Waals surface area contributed by atoms with Crippen LogP contribution in [0.2, 0.25) is 0 Å². The summed E-state index contributed by atoms with van der Waals surface area (Å²) in [5, 5.41) is 8.56. The normalized spacial score (nSPS) is 22.9. The van der Waals surface area contributed by atoms with Crippen LogP contribution in [0.25, 0.3) is 0 Å². The van der Waals surface area contributed by atoms with Crippen LogP contribution < -0.4 is 10.3 Å². The molecule has 7 nitrogen and oxygen atoms in total. The largest absolute Gasteiger partial charge is 0.448 e. The minimum absolute atomic E-state index is 0.122. The number of aryl methyl sites for hydroxylation is 2. The van der Waals surface area contributed by atoms with E-state index in [1.807, 2.05) is 32.0 Å². The molecular formula is C23H31N3O4. The summed E-state index contributed by atoms with van der Waals surface area (Å²) in [4.78, 5) is 37.5. The number of hydrazone groups is 1. The standard InChI is InChI=1S/C23H31N3O4/c1-14-9-10-16(3)20(13-14)26-21(27)12-11-19(25-26)23(29)30-17(4)22(28)24-18-8-6-5-7-15(18)2/h9-10,13,15,17-18H,5-8,11-12H2,1-4H3,(H,24,28)/t15-,17+,18+/m0/s1. The number of hydrogen-bond donors (Lipinski definition) is 1. The van der Waals surface area contributed by atoms with Crippen molar-refractivity contribution >= 4 is 29.2 Å². The van der Waals surface area contributed by atoms with E-state index in [9.17, 15) is 14.4 Å². The van der Waals surface area contributed by atoms with E-state index < -0.39 is 12.1 Å². The summed E-state index contributed by atoms with van der Waals surface area (Å²) in [5.74, 6) is -0.694. The van der Waals surface area contributed by atoms with Crippen LogP contribution >= 0.6 is 0 Å². The zero-order valence-electron chi connectivity index (χ0n) is 18.2. The van der Waals surface area contributed by atoms with Gasteiger partial charge in [0.05, 0.1) is 5.69 Å². The molecule has 1 aromatic rings. The number of amides is 2. The fourth-order valence-corrected chi connectivity index (χ4v) is 3.95. The summed E-state index contributed by atoms with van der Waals surface area (Å²) in [7, 11) is 0. The molecular weight excluding hydrogens is 382 g/mol. The SMILES string of the molecule is Cc1ccc(C)c(N2N=C(C(=O)O[C@H](C)C(=O)N[C@@H]3CCCC[C@@H]3C)CCC2=O)c1. The third-order valence-corrected chi connectivity index (χ3v) is 5.95. The zero-order valence-corrected chi connectivity index (χ0v) is 18.2. The van der Waals surface area contributed by atoms with Crippen molar-refractivity contribution in [2.75, 3.05) is 5.01 Å². The molecule has 0 saturated heterocycles. The lowest BCUT2D eigenvalue weighted by molar-refractivity contribution is -0.149. The molecule has 3 rings (SSSR count). The first kappa shape index (κ1) is 22.0. The molecule has 1 fully saturated rings. The maximum atomic E-state index is 12.6. The van der Waals surface area contributed by atoms with Gasteiger partial charge >= 0.3 is 5.97 Å². The fraction of sp³-hybridized carbons (Fsp3) is 0.565. The van der Waals surface area contributed by atoms with Crippen molar-refractivity contribution in [3.63, 3.8) is 0 Å². The molecule has 1 aliphatic heterocycles. The number of hydrogen-bond acceptors (Lipinski definition) is 5. The molecule has 3 atom stereocenters. The summed E-state index contributed by atoms with van der Waals surface area (Å²) >= 11 is 0. The average molecular weight is 414 g/mol. The third-order valence-electron chi connectivity index (χ3n) is 5.95. The van der Waals surface area contributed by atoms with Gasteiger partial charge in [0.15, 0.2) is 6.10 Å². The van der Waals surface area contributed by atoms with Gasteiger partial charge in [-0.2, -0.15) is 10.1 Å². The lowest BCUT2D eigenvalue weighted by atomic mass is 9.86. The van der Waals surface area contributed by atoms with E-state index in [0.717, 1.165) is 30.4 Å². The first-order valence-electron chi connectivity index (χ1n) is 10.8. The topological polar surface area (TPSA) is 88.1 Å². The number of carbonyl (C=O) groups is 3. The maximum Gasteiger partial charge on any atom is 0.355 e. The second-order valence-corrected chi connectivity index (χ2v) is 8.47. The molecule has 1 aromatic carbocycles. The highest BCUT2D eigenvalue weighted by molar-refractivity contribution is 6.38. The van der Waals surface area contributed by atoms with Gasteiger partial charge in [0.1, 0.15) is 5.71 Å². The first-order valence-corrected chi connectivity index (χ1v) is 10.8. The van der Waals surface area contributed by atoms with Gasteiger partial charge < -0.3 is 10.1 Å². The van der Waals surface area contributed by atoms with E-state index in [0.29, 0.717) is 11.6 Å². The number of ether oxygens (including phenoxy) is 1. The number of benzene rings is 1. The van der Waals surface area contributed by atoms with E-state index in [1.54, 1.807) is 6.92 Å². The molecule has 0 unspecified atom stereocenters. The van der Waals surface area contributed by atoms with E-state index in [4.69, 9.17) is 4.74 Å². The first-order chi connectivity index (χ1) is 14.3. The van der Waals surface area contributed by atoms with Crippen molar-refractivity contribution in [1.82, 2.24) is 5.32 Å². The lowest BCUT2D eigenvalue weighted by Crippen LogP contribution is -2.46. The molecule has 0 bridgehead atoms. The molecule has 1 N–H and O–H groups in total. The highest BCUT2D eigenvalue weighted by atomic mass is 16.5. The Morgan fingerprint density at radius 1 is 1.20 bits per heavy atom. The Morgan fingerprint density at radius 3 is 2.67 bits per heavy atom. The number of anilines is 1. The van der Waals surface area contributed by atoms with Gasteiger partial charge in [-0.25, -0.2) is 4.79 Å². The Hall–Kier alpha value is -2.70. The molecule has 1 saturated carbocycles. The molecule has 0 aromatic heterocycles. The van der Waals surface area contributed by atoms with Crippen LogP contribution in [-0.2, 0) is 19.1 Å². The highest BCUT2D eigenvalue weighted by Gasteiger charge is 2.30. The minimum Gasteiger partial charge on any atom is -0.448 e. The maximum absolute atomic E-state index is 12.6. The predicted molar refractivity (Wildman–Crippen MR) is 115 cm³/mol. The molecule has 2 amide bonds. The van der Waals surface area contributed by atoms with E-state index in [-0.39, 0.29) is 36.4 Å². The van der Waals surface area contributed by atoms with Gasteiger partial charge in [0, 0.05) is 18.9 Å². The Morgan fingerprint density at radius 2 is 1.93 bits per heavy atom. The van der Waals surface area contributed by atoms with Gasteiger partial charge in [-0.05, 0) is 56.7 Å². The highest BCUT2D eigenvalue weighted by Crippen LogP contribution is 2.26. The second kappa shape index (κ2) is 9.41. The quantitative estimate of drug-likeness (QED) is 0.749. The van der Waals surface area contributed by atoms with E-state index in [1.165, 1.54) is 11.4 Å². The van der Waals surface area contributed by atoms with Crippen molar-refractivity contribution < 1.29 is 19.1 Å². The smallest absolute Gasteiger partial charge is 0.355 e. The summed E-state index contributed by atoms with van der Waals surface area (Å²) in [6.07, 6.45) is 3.79. The van der Waals surface area contributed by atoms with Crippen molar-refractivity contribution in [3.8, 4) is 0 Å². The molecule has 162 valence electrons. The van der Waals surface area contributed by atoms with Crippen molar-refractivity contribution in [2.24, 2.45) is 11.0 Å². The number of nitrogens with one attached hydrogen (secondary N) is 1. The van der Waals surface area contributed by atoms with Crippen LogP contribution in [0.5, 0.6) is 0 Å². The number of nitrogens with zero attached hydrogens (tertiary/aromatic N) is 2. The second-order valence-electron chi connectivity index (χ2n) is 8.47. The zero-order chi connectivity index (χ0) is 21.8. The number of esters is 1. The Labute approximate surface area is 177 Å². The van der Waals surface area contributed by atoms with Crippen LogP contribution in [0.1, 0.15) is 63.5 Å². The molecule has 1 heterocycles. The average Bonchev–Trinajstić information content (AvgIpc) is 2.71. The lowest BCUT2D eigenvalue weighted by Gasteiger charge is -2.30. The van der Waals surface area contributed by atoms with Gasteiger partial charge in [-0.3, -0.25) is 9.59 Å². The number of carbonyl (C=O) groups excluding carboxylic acids is 3. The summed E-state index contributed by atoms with van der Waals surface area (Å²) in [6.45, 7) is 7.53. The van der Waals surface area contributed by atoms with Crippen molar-refractivity contribution in [1.29, 1.82) is 0 Å². The molecule has 0 radical (unpaired) electrons. The van der Waals surface area contributed by atoms with Crippen molar-refractivity contribution in [3.05, 3.63) is 29.3 Å². The Balaban J connectivity index is 1.67. The summed E-state index contributed by atoms with van der Waals surface area (Å²) in [6, 6.07) is 5.86. The Kier molecular flexibility index (Phi) is 6.90. The number of rotatable bonds is 5. The molecule has 1 aliphatic carbocycles. The molecule has 2 aliphatic rings. The van der Waals surface area contributed by atoms with Crippen LogP contribution in [-0.4, -0.2) is 35.6 Å². The van der Waals surface area contributed by atoms with Crippen LogP contribution in [0.15, 0.2) is 23.3 Å².